The Kier molecular flexibility index (Phi) is 5.72. The molecule has 0 unspecified atom stereocenters. The molecule has 5 nitrogen and oxygen atoms in total. The monoisotopic (exact) mass is 446 g/mol. The van der Waals surface area contributed by atoms with Crippen LogP contribution in [0.15, 0.2) is 53.9 Å². The first-order chi connectivity index (χ1) is 15.7. The minimum absolute atomic E-state index is 0.638. The highest BCUT2D eigenvalue weighted by Gasteiger charge is 2.21. The van der Waals surface area contributed by atoms with E-state index in [4.69, 9.17) is 19.2 Å². The maximum Gasteiger partial charge on any atom is 0.165 e. The van der Waals surface area contributed by atoms with Gasteiger partial charge in [0.05, 0.1) is 19.9 Å². The van der Waals surface area contributed by atoms with E-state index in [0.717, 1.165) is 70.2 Å². The van der Waals surface area contributed by atoms with E-state index in [-0.39, 0.29) is 0 Å². The zero-order chi connectivity index (χ0) is 22.1. The van der Waals surface area contributed by atoms with E-state index in [1.165, 1.54) is 4.88 Å². The van der Waals surface area contributed by atoms with Gasteiger partial charge in [-0.1, -0.05) is 18.2 Å². The molecule has 0 atom stereocenters. The summed E-state index contributed by atoms with van der Waals surface area (Å²) in [5.74, 6) is 2.36. The van der Waals surface area contributed by atoms with Crippen molar-refractivity contribution in [2.45, 2.75) is 20.0 Å². The van der Waals surface area contributed by atoms with Gasteiger partial charge in [-0.3, -0.25) is 4.90 Å². The van der Waals surface area contributed by atoms with Crippen molar-refractivity contribution in [1.29, 1.82) is 0 Å². The van der Waals surface area contributed by atoms with Gasteiger partial charge in [0.1, 0.15) is 17.9 Å². The minimum atomic E-state index is 0.638. The molecule has 0 saturated heterocycles. The van der Waals surface area contributed by atoms with Gasteiger partial charge in [0.25, 0.3) is 0 Å². The highest BCUT2D eigenvalue weighted by molar-refractivity contribution is 7.09. The molecular weight excluding hydrogens is 420 g/mol. The van der Waals surface area contributed by atoms with E-state index in [1.54, 1.807) is 25.6 Å². The quantitative estimate of drug-likeness (QED) is 0.394. The van der Waals surface area contributed by atoms with E-state index in [9.17, 15) is 0 Å². The van der Waals surface area contributed by atoms with Gasteiger partial charge in [-0.2, -0.15) is 0 Å². The average molecular weight is 447 g/mol. The number of hydrogen-bond acceptors (Lipinski definition) is 6. The molecule has 0 saturated carbocycles. The molecular formula is C26H26N2O3S. The van der Waals surface area contributed by atoms with Crippen molar-refractivity contribution in [1.82, 2.24) is 9.88 Å². The number of benzene rings is 2. The van der Waals surface area contributed by atoms with E-state index in [1.807, 2.05) is 18.2 Å². The van der Waals surface area contributed by atoms with Gasteiger partial charge in [0.2, 0.25) is 0 Å². The number of aryl methyl sites for hydroxylation is 1. The Morgan fingerprint density at radius 1 is 1.06 bits per heavy atom. The van der Waals surface area contributed by atoms with Crippen molar-refractivity contribution < 1.29 is 14.2 Å². The molecule has 5 rings (SSSR count). The number of para-hydroxylation sites is 1. The molecule has 0 radical (unpaired) electrons. The molecule has 0 fully saturated rings. The Bertz CT molecular complexity index is 1250. The number of hydrogen-bond donors (Lipinski definition) is 0. The lowest BCUT2D eigenvalue weighted by atomic mass is 10.0. The second-order valence-electron chi connectivity index (χ2n) is 7.99. The summed E-state index contributed by atoms with van der Waals surface area (Å²) in [4.78, 5) is 8.75. The van der Waals surface area contributed by atoms with Crippen LogP contribution in [-0.4, -0.2) is 37.3 Å². The third kappa shape index (κ3) is 3.92. The number of rotatable bonds is 5. The summed E-state index contributed by atoms with van der Waals surface area (Å²) in [6, 6.07) is 16.7. The van der Waals surface area contributed by atoms with E-state index >= 15 is 0 Å². The lowest BCUT2D eigenvalue weighted by Gasteiger charge is -2.19. The van der Waals surface area contributed by atoms with Crippen molar-refractivity contribution in [3.8, 4) is 28.5 Å². The SMILES string of the molecule is COc1cc(-c2cc(C)c3cccc(OC)c3n2)cc2c1OCCN(Cc1cccs1)C2. The molecule has 4 aromatic rings. The van der Waals surface area contributed by atoms with Crippen molar-refractivity contribution in [2.24, 2.45) is 0 Å². The lowest BCUT2D eigenvalue weighted by Crippen LogP contribution is -2.24. The average Bonchev–Trinajstić information content (AvgIpc) is 3.23. The Labute approximate surface area is 192 Å². The Morgan fingerprint density at radius 3 is 2.72 bits per heavy atom. The molecule has 0 amide bonds. The fraction of sp³-hybridized carbons (Fsp3) is 0.269. The Morgan fingerprint density at radius 2 is 1.94 bits per heavy atom. The molecule has 1 aliphatic heterocycles. The number of nitrogens with zero attached hydrogens (tertiary/aromatic N) is 2. The Hall–Kier alpha value is -3.09. The van der Waals surface area contributed by atoms with Gasteiger partial charge in [-0.15, -0.1) is 11.3 Å². The van der Waals surface area contributed by atoms with Gasteiger partial charge in [-0.05, 0) is 48.2 Å². The minimum Gasteiger partial charge on any atom is -0.494 e. The normalized spacial score (nSPS) is 14.0. The third-order valence-corrected chi connectivity index (χ3v) is 6.75. The van der Waals surface area contributed by atoms with Crippen LogP contribution in [0.2, 0.25) is 0 Å². The highest BCUT2D eigenvalue weighted by atomic mass is 32.1. The van der Waals surface area contributed by atoms with Crippen LogP contribution < -0.4 is 14.2 Å². The molecule has 0 spiro atoms. The zero-order valence-corrected chi connectivity index (χ0v) is 19.4. The second kappa shape index (κ2) is 8.81. The summed E-state index contributed by atoms with van der Waals surface area (Å²) in [6.45, 7) is 5.33. The second-order valence-corrected chi connectivity index (χ2v) is 9.02. The topological polar surface area (TPSA) is 43.8 Å². The molecule has 32 heavy (non-hydrogen) atoms. The summed E-state index contributed by atoms with van der Waals surface area (Å²) in [5.41, 5.74) is 5.06. The van der Waals surface area contributed by atoms with Gasteiger partial charge >= 0.3 is 0 Å². The first-order valence-electron chi connectivity index (χ1n) is 10.7. The van der Waals surface area contributed by atoms with Crippen molar-refractivity contribution in [2.75, 3.05) is 27.4 Å². The molecule has 6 heteroatoms. The van der Waals surface area contributed by atoms with Crippen LogP contribution in [0.5, 0.6) is 17.2 Å². The van der Waals surface area contributed by atoms with Crippen LogP contribution in [0, 0.1) is 6.92 Å². The smallest absolute Gasteiger partial charge is 0.165 e. The van der Waals surface area contributed by atoms with Gasteiger partial charge in [0.15, 0.2) is 11.5 Å². The zero-order valence-electron chi connectivity index (χ0n) is 18.6. The van der Waals surface area contributed by atoms with Crippen LogP contribution in [0.25, 0.3) is 22.2 Å². The molecule has 3 heterocycles. The van der Waals surface area contributed by atoms with Gasteiger partial charge in [0, 0.05) is 41.0 Å². The van der Waals surface area contributed by atoms with Crippen molar-refractivity contribution >= 4 is 22.2 Å². The molecule has 0 aliphatic carbocycles. The van der Waals surface area contributed by atoms with E-state index in [0.29, 0.717) is 6.61 Å². The number of aromatic nitrogens is 1. The van der Waals surface area contributed by atoms with Crippen LogP contribution in [0.4, 0.5) is 0 Å². The molecule has 0 bridgehead atoms. The molecule has 0 N–H and O–H groups in total. The maximum atomic E-state index is 6.14. The summed E-state index contributed by atoms with van der Waals surface area (Å²) in [7, 11) is 3.38. The summed E-state index contributed by atoms with van der Waals surface area (Å²) < 4.78 is 17.5. The summed E-state index contributed by atoms with van der Waals surface area (Å²) in [5, 5.41) is 3.22. The molecule has 164 valence electrons. The van der Waals surface area contributed by atoms with Crippen LogP contribution >= 0.6 is 11.3 Å². The molecule has 2 aromatic carbocycles. The predicted octanol–water partition coefficient (Wildman–Crippen LogP) is 5.68. The molecule has 2 aromatic heterocycles. The largest absolute Gasteiger partial charge is 0.494 e. The van der Waals surface area contributed by atoms with E-state index < -0.39 is 0 Å². The highest BCUT2D eigenvalue weighted by Crippen LogP contribution is 2.39. The van der Waals surface area contributed by atoms with Gasteiger partial charge in [-0.25, -0.2) is 4.98 Å². The summed E-state index contributed by atoms with van der Waals surface area (Å²) in [6.07, 6.45) is 0. The van der Waals surface area contributed by atoms with Crippen molar-refractivity contribution in [3.63, 3.8) is 0 Å². The fourth-order valence-corrected chi connectivity index (χ4v) is 5.05. The molecule has 1 aliphatic rings. The fourth-order valence-electron chi connectivity index (χ4n) is 4.30. The number of fused-ring (bicyclic) bond motifs is 2. The first-order valence-corrected chi connectivity index (χ1v) is 11.6. The number of methoxy groups -OCH3 is 2. The number of thiophene rings is 1. The Balaban J connectivity index is 1.58. The first kappa shape index (κ1) is 20.8. The third-order valence-electron chi connectivity index (χ3n) is 5.88. The number of ether oxygens (including phenoxy) is 3. The van der Waals surface area contributed by atoms with E-state index in [2.05, 4.69) is 47.5 Å². The summed E-state index contributed by atoms with van der Waals surface area (Å²) >= 11 is 1.79. The lowest BCUT2D eigenvalue weighted by molar-refractivity contribution is 0.218. The van der Waals surface area contributed by atoms with Crippen LogP contribution in [0.3, 0.4) is 0 Å². The standard InChI is InChI=1S/C26H26N2O3S/c1-17-12-22(27-25-21(17)7-4-8-23(25)29-2)18-13-19-15-28(16-20-6-5-11-32-20)9-10-31-26(19)24(14-18)30-3/h4-8,11-14H,9-10,15-16H2,1-3H3. The van der Waals surface area contributed by atoms with Crippen molar-refractivity contribution in [3.05, 3.63) is 69.9 Å². The predicted molar refractivity (Wildman–Crippen MR) is 129 cm³/mol. The van der Waals surface area contributed by atoms with Crippen LogP contribution in [0.1, 0.15) is 16.0 Å². The maximum absolute atomic E-state index is 6.14. The van der Waals surface area contributed by atoms with Crippen LogP contribution in [-0.2, 0) is 13.1 Å². The van der Waals surface area contributed by atoms with Gasteiger partial charge < -0.3 is 14.2 Å². The number of pyridine rings is 1.